The molecule has 74 valence electrons. The second kappa shape index (κ2) is 4.43. The lowest BCUT2D eigenvalue weighted by molar-refractivity contribution is 0.958. The van der Waals surface area contributed by atoms with Gasteiger partial charge in [0.2, 0.25) is 5.13 Å². The molecule has 0 unspecified atom stereocenters. The van der Waals surface area contributed by atoms with Crippen LogP contribution >= 0.6 is 22.9 Å². The molecule has 5 nitrogen and oxygen atoms in total. The molecule has 1 N–H and O–H groups in total. The quantitative estimate of drug-likeness (QED) is 0.858. The molecule has 0 aromatic carbocycles. The monoisotopic (exact) mass is 227 g/mol. The highest BCUT2D eigenvalue weighted by Gasteiger charge is 2.02. The van der Waals surface area contributed by atoms with Crippen LogP contribution in [-0.4, -0.2) is 19.8 Å². The molecule has 0 aliphatic heterocycles. The maximum absolute atomic E-state index is 4.01. The van der Waals surface area contributed by atoms with E-state index < -0.39 is 0 Å². The molecule has 7 heteroatoms. The summed E-state index contributed by atoms with van der Waals surface area (Å²) in [4.78, 5) is 0. The second-order valence-corrected chi connectivity index (χ2v) is 4.28. The van der Waals surface area contributed by atoms with Gasteiger partial charge in [0.1, 0.15) is 5.01 Å². The number of nitrogens with one attached hydrogen (secondary N) is 1. The summed E-state index contributed by atoms with van der Waals surface area (Å²) < 4.78 is 3.77. The van der Waals surface area contributed by atoms with Crippen molar-refractivity contribution in [3.05, 3.63) is 16.1 Å². The Morgan fingerprint density at radius 1 is 1.36 bits per heavy atom. The summed E-state index contributed by atoms with van der Waals surface area (Å²) >= 11 is 2.93. The number of aromatic nitrogens is 4. The van der Waals surface area contributed by atoms with Crippen LogP contribution in [0.15, 0.2) is 5.38 Å². The van der Waals surface area contributed by atoms with Crippen molar-refractivity contribution in [3.63, 3.8) is 0 Å². The van der Waals surface area contributed by atoms with Crippen LogP contribution in [0.5, 0.6) is 0 Å². The van der Waals surface area contributed by atoms with Gasteiger partial charge in [-0.15, -0.1) is 15.3 Å². The molecule has 0 saturated carbocycles. The predicted octanol–water partition coefficient (Wildman–Crippen LogP) is 1.56. The van der Waals surface area contributed by atoms with E-state index in [0.717, 1.165) is 22.3 Å². The Kier molecular flexibility index (Phi) is 3.00. The summed E-state index contributed by atoms with van der Waals surface area (Å²) in [5, 5.41) is 18.9. The van der Waals surface area contributed by atoms with Crippen LogP contribution in [-0.2, 0) is 13.0 Å². The molecular weight excluding hydrogens is 218 g/mol. The molecule has 14 heavy (non-hydrogen) atoms. The molecule has 0 aliphatic rings. The van der Waals surface area contributed by atoms with Gasteiger partial charge in [0.15, 0.2) is 0 Å². The van der Waals surface area contributed by atoms with Crippen molar-refractivity contribution in [2.24, 2.45) is 0 Å². The Labute approximate surface area is 89.4 Å². The third-order valence-electron chi connectivity index (χ3n) is 1.60. The summed E-state index contributed by atoms with van der Waals surface area (Å²) in [6.45, 7) is 2.73. The summed E-state index contributed by atoms with van der Waals surface area (Å²) in [5.74, 6) is 0. The molecule has 2 rings (SSSR count). The van der Waals surface area contributed by atoms with E-state index in [0.29, 0.717) is 6.54 Å². The number of hydrogen-bond donors (Lipinski definition) is 1. The van der Waals surface area contributed by atoms with Crippen molar-refractivity contribution in [3.8, 4) is 0 Å². The third-order valence-corrected chi connectivity index (χ3v) is 3.17. The molecule has 0 aliphatic carbocycles. The first-order chi connectivity index (χ1) is 6.88. The standard InChI is InChI=1S/C7H9N5S2/c1-2-6-10-11-7(14-6)8-3-5-4-13-12-9-5/h4H,2-3H2,1H3,(H,8,11). The zero-order valence-electron chi connectivity index (χ0n) is 7.60. The van der Waals surface area contributed by atoms with Crippen LogP contribution in [0.3, 0.4) is 0 Å². The summed E-state index contributed by atoms with van der Waals surface area (Å²) in [6, 6.07) is 0. The van der Waals surface area contributed by atoms with Crippen molar-refractivity contribution in [2.75, 3.05) is 5.32 Å². The van der Waals surface area contributed by atoms with Gasteiger partial charge in [0, 0.05) is 5.38 Å². The van der Waals surface area contributed by atoms with Crippen molar-refractivity contribution in [1.82, 2.24) is 19.8 Å². The highest BCUT2D eigenvalue weighted by molar-refractivity contribution is 7.15. The molecule has 2 aromatic heterocycles. The second-order valence-electron chi connectivity index (χ2n) is 2.60. The topological polar surface area (TPSA) is 63.6 Å². The minimum absolute atomic E-state index is 0.662. The predicted molar refractivity (Wildman–Crippen MR) is 56.5 cm³/mol. The molecule has 0 fully saturated rings. The Balaban J connectivity index is 1.92. The van der Waals surface area contributed by atoms with Gasteiger partial charge in [0.05, 0.1) is 12.2 Å². The van der Waals surface area contributed by atoms with Gasteiger partial charge in [-0.1, -0.05) is 22.7 Å². The van der Waals surface area contributed by atoms with E-state index in [1.54, 1.807) is 11.3 Å². The normalized spacial score (nSPS) is 10.4. The van der Waals surface area contributed by atoms with Gasteiger partial charge >= 0.3 is 0 Å². The lowest BCUT2D eigenvalue weighted by Gasteiger charge is -1.95. The maximum atomic E-state index is 4.01. The van der Waals surface area contributed by atoms with Gasteiger partial charge in [-0.2, -0.15) is 0 Å². The number of aryl methyl sites for hydroxylation is 1. The van der Waals surface area contributed by atoms with Crippen LogP contribution in [0.1, 0.15) is 17.6 Å². The molecule has 0 saturated heterocycles. The lowest BCUT2D eigenvalue weighted by atomic mass is 10.5. The van der Waals surface area contributed by atoms with Crippen LogP contribution in [0.4, 0.5) is 5.13 Å². The van der Waals surface area contributed by atoms with E-state index >= 15 is 0 Å². The lowest BCUT2D eigenvalue weighted by Crippen LogP contribution is -1.99. The minimum atomic E-state index is 0.662. The highest BCUT2D eigenvalue weighted by Crippen LogP contribution is 2.15. The van der Waals surface area contributed by atoms with Crippen LogP contribution in [0.25, 0.3) is 0 Å². The Morgan fingerprint density at radius 2 is 2.29 bits per heavy atom. The molecule has 0 atom stereocenters. The van der Waals surface area contributed by atoms with Crippen molar-refractivity contribution in [1.29, 1.82) is 0 Å². The number of hydrogen-bond acceptors (Lipinski definition) is 7. The van der Waals surface area contributed by atoms with Crippen LogP contribution < -0.4 is 5.32 Å². The summed E-state index contributed by atoms with van der Waals surface area (Å²) in [6.07, 6.45) is 0.928. The van der Waals surface area contributed by atoms with E-state index in [4.69, 9.17) is 0 Å². The van der Waals surface area contributed by atoms with Gasteiger partial charge in [0.25, 0.3) is 0 Å². The first-order valence-corrected chi connectivity index (χ1v) is 5.86. The molecule has 0 radical (unpaired) electrons. The number of nitrogens with zero attached hydrogens (tertiary/aromatic N) is 4. The largest absolute Gasteiger partial charge is 0.354 e. The zero-order valence-corrected chi connectivity index (χ0v) is 9.23. The van der Waals surface area contributed by atoms with E-state index in [1.165, 1.54) is 11.5 Å². The molecule has 0 spiro atoms. The molecule has 2 aromatic rings. The summed E-state index contributed by atoms with van der Waals surface area (Å²) in [5.41, 5.74) is 0.934. The smallest absolute Gasteiger partial charge is 0.205 e. The minimum Gasteiger partial charge on any atom is -0.354 e. The third kappa shape index (κ3) is 2.24. The average Bonchev–Trinajstić information content (AvgIpc) is 2.86. The Hall–Kier alpha value is -1.08. The van der Waals surface area contributed by atoms with Crippen molar-refractivity contribution < 1.29 is 0 Å². The van der Waals surface area contributed by atoms with E-state index in [2.05, 4.69) is 32.0 Å². The molecule has 0 bridgehead atoms. The first kappa shape index (κ1) is 9.47. The van der Waals surface area contributed by atoms with E-state index in [1.807, 2.05) is 5.38 Å². The van der Waals surface area contributed by atoms with Gasteiger partial charge in [-0.3, -0.25) is 0 Å². The van der Waals surface area contributed by atoms with E-state index in [-0.39, 0.29) is 0 Å². The first-order valence-electron chi connectivity index (χ1n) is 4.20. The number of anilines is 1. The van der Waals surface area contributed by atoms with Gasteiger partial charge < -0.3 is 5.32 Å². The fourth-order valence-corrected chi connectivity index (χ4v) is 2.02. The molecular formula is C7H9N5S2. The SMILES string of the molecule is CCc1nnc(NCc2csnn2)s1. The van der Waals surface area contributed by atoms with E-state index in [9.17, 15) is 0 Å². The fraction of sp³-hybridized carbons (Fsp3) is 0.429. The van der Waals surface area contributed by atoms with Crippen LogP contribution in [0.2, 0.25) is 0 Å². The Bertz CT molecular complexity index is 382. The average molecular weight is 227 g/mol. The van der Waals surface area contributed by atoms with Crippen molar-refractivity contribution >= 4 is 28.0 Å². The summed E-state index contributed by atoms with van der Waals surface area (Å²) in [7, 11) is 0. The molecule has 0 amide bonds. The van der Waals surface area contributed by atoms with Gasteiger partial charge in [-0.05, 0) is 18.0 Å². The number of rotatable bonds is 4. The van der Waals surface area contributed by atoms with Gasteiger partial charge in [-0.25, -0.2) is 0 Å². The van der Waals surface area contributed by atoms with Crippen LogP contribution in [0, 0.1) is 0 Å². The Morgan fingerprint density at radius 3 is 2.93 bits per heavy atom. The highest BCUT2D eigenvalue weighted by atomic mass is 32.1. The molecule has 2 heterocycles. The van der Waals surface area contributed by atoms with Crippen molar-refractivity contribution in [2.45, 2.75) is 19.9 Å². The maximum Gasteiger partial charge on any atom is 0.205 e. The fourth-order valence-electron chi connectivity index (χ4n) is 0.895. The zero-order chi connectivity index (χ0) is 9.80.